The Morgan fingerprint density at radius 2 is 2.00 bits per heavy atom. The zero-order chi connectivity index (χ0) is 11.3. The Labute approximate surface area is 79.7 Å². The Bertz CT molecular complexity index is 223. The zero-order valence-electron chi connectivity index (χ0n) is 7.83. The quantitative estimate of drug-likeness (QED) is 0.704. The molecule has 14 heavy (non-hydrogen) atoms. The van der Waals surface area contributed by atoms with Gasteiger partial charge in [0.05, 0.1) is 6.54 Å². The van der Waals surface area contributed by atoms with Crippen LogP contribution in [-0.4, -0.2) is 48.1 Å². The number of hydrogen-bond donors (Lipinski definition) is 2. The standard InChI is InChI=1S/C7H12F2N2O3/c1-4(6(12)13)11(2)7(14)10-3-5(8)9/h4-5H,3H2,1-2H3,(H,10,14)(H,12,13). The minimum atomic E-state index is -2.65. The van der Waals surface area contributed by atoms with E-state index in [-0.39, 0.29) is 0 Å². The summed E-state index contributed by atoms with van der Waals surface area (Å²) < 4.78 is 23.3. The number of aliphatic carboxylic acids is 1. The van der Waals surface area contributed by atoms with E-state index in [0.717, 1.165) is 4.90 Å². The van der Waals surface area contributed by atoms with E-state index in [1.54, 1.807) is 0 Å². The number of rotatable bonds is 4. The molecule has 0 aliphatic rings. The van der Waals surface area contributed by atoms with Crippen molar-refractivity contribution >= 4 is 12.0 Å². The number of carboxylic acids is 1. The van der Waals surface area contributed by atoms with Crippen molar-refractivity contribution in [3.8, 4) is 0 Å². The summed E-state index contributed by atoms with van der Waals surface area (Å²) in [6, 6.07) is -1.88. The van der Waals surface area contributed by atoms with Crippen LogP contribution < -0.4 is 5.32 Å². The van der Waals surface area contributed by atoms with E-state index in [0.29, 0.717) is 0 Å². The molecule has 0 fully saturated rings. The maximum atomic E-state index is 11.7. The summed E-state index contributed by atoms with van der Waals surface area (Å²) in [7, 11) is 1.22. The number of carbonyl (C=O) groups is 2. The molecule has 82 valence electrons. The molecular formula is C7H12F2N2O3. The highest BCUT2D eigenvalue weighted by Crippen LogP contribution is 1.96. The first-order valence-corrected chi connectivity index (χ1v) is 3.88. The topological polar surface area (TPSA) is 69.6 Å². The highest BCUT2D eigenvalue weighted by Gasteiger charge is 2.21. The number of nitrogens with one attached hydrogen (secondary N) is 1. The fourth-order valence-electron chi connectivity index (χ4n) is 0.631. The molecule has 0 heterocycles. The lowest BCUT2D eigenvalue weighted by Crippen LogP contribution is -2.46. The van der Waals surface area contributed by atoms with Crippen LogP contribution >= 0.6 is 0 Å². The summed E-state index contributed by atoms with van der Waals surface area (Å²) in [6.45, 7) is 0.500. The fraction of sp³-hybridized carbons (Fsp3) is 0.714. The van der Waals surface area contributed by atoms with Crippen molar-refractivity contribution in [2.24, 2.45) is 0 Å². The molecule has 0 saturated carbocycles. The summed E-state index contributed by atoms with van der Waals surface area (Å²) in [5, 5.41) is 10.4. The summed E-state index contributed by atoms with van der Waals surface area (Å²) >= 11 is 0. The van der Waals surface area contributed by atoms with Gasteiger partial charge in [0.25, 0.3) is 6.43 Å². The number of hydrogen-bond acceptors (Lipinski definition) is 2. The SMILES string of the molecule is CC(C(=O)O)N(C)C(=O)NCC(F)F. The average molecular weight is 210 g/mol. The second-order valence-corrected chi connectivity index (χ2v) is 2.70. The van der Waals surface area contributed by atoms with Gasteiger partial charge in [-0.1, -0.05) is 0 Å². The third-order valence-corrected chi connectivity index (χ3v) is 1.67. The fourth-order valence-corrected chi connectivity index (χ4v) is 0.631. The molecule has 0 aliphatic carbocycles. The van der Waals surface area contributed by atoms with Crippen molar-refractivity contribution < 1.29 is 23.5 Å². The van der Waals surface area contributed by atoms with Crippen molar-refractivity contribution in [2.45, 2.75) is 19.4 Å². The van der Waals surface area contributed by atoms with E-state index in [1.165, 1.54) is 14.0 Å². The van der Waals surface area contributed by atoms with Gasteiger partial charge in [0.15, 0.2) is 0 Å². The summed E-state index contributed by atoms with van der Waals surface area (Å²) in [6.07, 6.45) is -2.65. The largest absolute Gasteiger partial charge is 0.480 e. The first kappa shape index (κ1) is 12.6. The zero-order valence-corrected chi connectivity index (χ0v) is 7.83. The van der Waals surface area contributed by atoms with Crippen molar-refractivity contribution in [1.82, 2.24) is 10.2 Å². The van der Waals surface area contributed by atoms with Gasteiger partial charge in [0, 0.05) is 7.05 Å². The van der Waals surface area contributed by atoms with Gasteiger partial charge in [0.1, 0.15) is 6.04 Å². The van der Waals surface area contributed by atoms with Gasteiger partial charge >= 0.3 is 12.0 Å². The second kappa shape index (κ2) is 5.36. The third-order valence-electron chi connectivity index (χ3n) is 1.67. The number of amides is 2. The van der Waals surface area contributed by atoms with E-state index in [4.69, 9.17) is 5.11 Å². The molecule has 1 atom stereocenters. The molecule has 2 amide bonds. The monoisotopic (exact) mass is 210 g/mol. The summed E-state index contributed by atoms with van der Waals surface area (Å²) in [5.41, 5.74) is 0. The van der Waals surface area contributed by atoms with E-state index in [2.05, 4.69) is 0 Å². The summed E-state index contributed by atoms with van der Waals surface area (Å²) in [5.74, 6) is -1.19. The number of nitrogens with zero attached hydrogens (tertiary/aromatic N) is 1. The van der Waals surface area contributed by atoms with E-state index in [1.807, 2.05) is 5.32 Å². The van der Waals surface area contributed by atoms with Crippen LogP contribution in [0.1, 0.15) is 6.92 Å². The number of carboxylic acid groups (broad SMARTS) is 1. The van der Waals surface area contributed by atoms with Gasteiger partial charge in [-0.3, -0.25) is 0 Å². The minimum Gasteiger partial charge on any atom is -0.480 e. The number of urea groups is 1. The third kappa shape index (κ3) is 4.01. The highest BCUT2D eigenvalue weighted by atomic mass is 19.3. The predicted molar refractivity (Wildman–Crippen MR) is 44.3 cm³/mol. The van der Waals surface area contributed by atoms with Crippen LogP contribution in [-0.2, 0) is 4.79 Å². The molecule has 0 rings (SSSR count). The van der Waals surface area contributed by atoms with Crippen LogP contribution in [0.2, 0.25) is 0 Å². The summed E-state index contributed by atoms with van der Waals surface area (Å²) in [4.78, 5) is 22.3. The molecule has 5 nitrogen and oxygen atoms in total. The number of carbonyl (C=O) groups excluding carboxylic acids is 1. The Morgan fingerprint density at radius 3 is 2.36 bits per heavy atom. The molecule has 1 unspecified atom stereocenters. The Balaban J connectivity index is 4.05. The van der Waals surface area contributed by atoms with E-state index >= 15 is 0 Å². The number of likely N-dealkylation sites (N-methyl/N-ethyl adjacent to an activating group) is 1. The van der Waals surface area contributed by atoms with Gasteiger partial charge in [-0.2, -0.15) is 0 Å². The Hall–Kier alpha value is -1.40. The Morgan fingerprint density at radius 1 is 1.50 bits per heavy atom. The first-order chi connectivity index (χ1) is 6.36. The van der Waals surface area contributed by atoms with Crippen molar-refractivity contribution in [3.63, 3.8) is 0 Å². The molecule has 0 aromatic heterocycles. The van der Waals surface area contributed by atoms with E-state index in [9.17, 15) is 18.4 Å². The van der Waals surface area contributed by atoms with Crippen LogP contribution in [0.15, 0.2) is 0 Å². The minimum absolute atomic E-state index is 0.782. The molecule has 0 saturated heterocycles. The van der Waals surface area contributed by atoms with Gasteiger partial charge in [-0.05, 0) is 6.92 Å². The molecule has 0 aliphatic heterocycles. The molecule has 2 N–H and O–H groups in total. The molecular weight excluding hydrogens is 198 g/mol. The van der Waals surface area contributed by atoms with Crippen molar-refractivity contribution in [1.29, 1.82) is 0 Å². The van der Waals surface area contributed by atoms with Gasteiger partial charge < -0.3 is 15.3 Å². The van der Waals surface area contributed by atoms with Crippen LogP contribution in [0.3, 0.4) is 0 Å². The van der Waals surface area contributed by atoms with Gasteiger partial charge in [-0.25, -0.2) is 18.4 Å². The lowest BCUT2D eigenvalue weighted by atomic mass is 10.3. The smallest absolute Gasteiger partial charge is 0.326 e. The van der Waals surface area contributed by atoms with Crippen LogP contribution in [0, 0.1) is 0 Å². The first-order valence-electron chi connectivity index (χ1n) is 3.88. The Kier molecular flexibility index (Phi) is 4.82. The molecule has 0 spiro atoms. The number of alkyl halides is 2. The lowest BCUT2D eigenvalue weighted by molar-refractivity contribution is -0.141. The maximum absolute atomic E-state index is 11.7. The van der Waals surface area contributed by atoms with Crippen molar-refractivity contribution in [3.05, 3.63) is 0 Å². The molecule has 0 aromatic carbocycles. The maximum Gasteiger partial charge on any atom is 0.326 e. The van der Waals surface area contributed by atoms with Crippen molar-refractivity contribution in [2.75, 3.05) is 13.6 Å². The highest BCUT2D eigenvalue weighted by molar-refractivity contribution is 5.82. The molecule has 7 heteroatoms. The van der Waals surface area contributed by atoms with Gasteiger partial charge in [-0.15, -0.1) is 0 Å². The van der Waals surface area contributed by atoms with E-state index < -0.39 is 31.0 Å². The van der Waals surface area contributed by atoms with Crippen LogP contribution in [0.5, 0.6) is 0 Å². The van der Waals surface area contributed by atoms with Crippen LogP contribution in [0.4, 0.5) is 13.6 Å². The average Bonchev–Trinajstić information content (AvgIpc) is 2.11. The normalized spacial score (nSPS) is 12.4. The molecule has 0 aromatic rings. The number of halogens is 2. The van der Waals surface area contributed by atoms with Crippen LogP contribution in [0.25, 0.3) is 0 Å². The molecule has 0 radical (unpaired) electrons. The predicted octanol–water partition coefficient (Wildman–Crippen LogP) is 0.366. The van der Waals surface area contributed by atoms with Gasteiger partial charge in [0.2, 0.25) is 0 Å². The second-order valence-electron chi connectivity index (χ2n) is 2.70. The lowest BCUT2D eigenvalue weighted by Gasteiger charge is -2.21. The molecule has 0 bridgehead atoms.